The van der Waals surface area contributed by atoms with Gasteiger partial charge in [0.25, 0.3) is 5.91 Å². The van der Waals surface area contributed by atoms with Crippen LogP contribution in [0.4, 0.5) is 0 Å². The minimum atomic E-state index is -0.465. The highest BCUT2D eigenvalue weighted by Gasteiger charge is 2.30. The predicted octanol–water partition coefficient (Wildman–Crippen LogP) is 0.765. The summed E-state index contributed by atoms with van der Waals surface area (Å²) in [6.45, 7) is 6.08. The lowest BCUT2D eigenvalue weighted by molar-refractivity contribution is -0.139. The van der Waals surface area contributed by atoms with E-state index in [1.165, 1.54) is 0 Å². The molecule has 1 rings (SSSR count). The zero-order valence-electron chi connectivity index (χ0n) is 9.79. The molecule has 1 aliphatic carbocycles. The molecule has 1 saturated carbocycles. The molecule has 4 heteroatoms. The van der Waals surface area contributed by atoms with Gasteiger partial charge in [0, 0.05) is 12.0 Å². The molecule has 1 atom stereocenters. The summed E-state index contributed by atoms with van der Waals surface area (Å²) in [4.78, 5) is 23.4. The van der Waals surface area contributed by atoms with Crippen molar-refractivity contribution in [3.8, 4) is 0 Å². The van der Waals surface area contributed by atoms with Gasteiger partial charge in [-0.05, 0) is 39.2 Å². The average molecular weight is 224 g/mol. The van der Waals surface area contributed by atoms with Gasteiger partial charge in [-0.25, -0.2) is 0 Å². The van der Waals surface area contributed by atoms with E-state index in [1.807, 2.05) is 0 Å². The number of amides is 1. The number of carbonyl (C=O) groups is 2. The fraction of sp³-hybridized carbons (Fsp3) is 0.667. The molecule has 0 aromatic carbocycles. The van der Waals surface area contributed by atoms with Gasteiger partial charge in [0.2, 0.25) is 5.78 Å². The van der Waals surface area contributed by atoms with Gasteiger partial charge in [-0.1, -0.05) is 12.2 Å². The molecule has 1 fully saturated rings. The Bertz CT molecular complexity index is 295. The molecule has 0 saturated heterocycles. The summed E-state index contributed by atoms with van der Waals surface area (Å²) in [7, 11) is 0. The first kappa shape index (κ1) is 12.9. The van der Waals surface area contributed by atoms with Crippen molar-refractivity contribution in [3.63, 3.8) is 0 Å². The van der Waals surface area contributed by atoms with Crippen molar-refractivity contribution >= 4 is 11.7 Å². The summed E-state index contributed by atoms with van der Waals surface area (Å²) >= 11 is 0. The van der Waals surface area contributed by atoms with Gasteiger partial charge in [0.15, 0.2) is 0 Å². The van der Waals surface area contributed by atoms with Crippen molar-refractivity contribution < 1.29 is 9.59 Å². The fourth-order valence-electron chi connectivity index (χ4n) is 1.57. The van der Waals surface area contributed by atoms with Crippen LogP contribution in [0.3, 0.4) is 0 Å². The Hall–Kier alpha value is -1.16. The van der Waals surface area contributed by atoms with E-state index in [0.717, 1.165) is 24.8 Å². The number of carbonyl (C=O) groups excluding carboxylic acids is 2. The second-order valence-corrected chi connectivity index (χ2v) is 4.44. The normalized spacial score (nSPS) is 16.6. The standard InChI is InChI=1S/C12H20N2O2/c1-8(2)10(4-3-7-13)11(15)12(16)14-9-5-6-9/h9-10H,1,3-7,13H2,2H3,(H,14,16)/t10-/m1/s1. The summed E-state index contributed by atoms with van der Waals surface area (Å²) in [5, 5.41) is 2.70. The molecular weight excluding hydrogens is 204 g/mol. The number of rotatable bonds is 7. The van der Waals surface area contributed by atoms with Gasteiger partial charge >= 0.3 is 0 Å². The van der Waals surface area contributed by atoms with Crippen LogP contribution in [0.2, 0.25) is 0 Å². The van der Waals surface area contributed by atoms with Crippen LogP contribution in [0, 0.1) is 5.92 Å². The number of ketones is 1. The highest BCUT2D eigenvalue weighted by molar-refractivity contribution is 6.37. The Balaban J connectivity index is 2.50. The minimum Gasteiger partial charge on any atom is -0.347 e. The lowest BCUT2D eigenvalue weighted by Crippen LogP contribution is -2.37. The highest BCUT2D eigenvalue weighted by atomic mass is 16.2. The number of Topliss-reactive ketones (excluding diaryl/α,β-unsaturated/α-hetero) is 1. The Morgan fingerprint density at radius 1 is 1.50 bits per heavy atom. The number of nitrogens with one attached hydrogen (secondary N) is 1. The molecule has 0 aromatic heterocycles. The zero-order chi connectivity index (χ0) is 12.1. The molecule has 0 aromatic rings. The van der Waals surface area contributed by atoms with E-state index in [-0.39, 0.29) is 17.7 Å². The van der Waals surface area contributed by atoms with E-state index in [1.54, 1.807) is 6.92 Å². The smallest absolute Gasteiger partial charge is 0.288 e. The number of hydrogen-bond acceptors (Lipinski definition) is 3. The summed E-state index contributed by atoms with van der Waals surface area (Å²) in [5.41, 5.74) is 6.14. The first-order valence-electron chi connectivity index (χ1n) is 5.76. The van der Waals surface area contributed by atoms with Crippen LogP contribution in [0.25, 0.3) is 0 Å². The van der Waals surface area contributed by atoms with E-state index >= 15 is 0 Å². The summed E-state index contributed by atoms with van der Waals surface area (Å²) < 4.78 is 0. The van der Waals surface area contributed by atoms with Crippen molar-refractivity contribution in [1.29, 1.82) is 0 Å². The molecule has 0 heterocycles. The third-order valence-corrected chi connectivity index (χ3v) is 2.74. The van der Waals surface area contributed by atoms with Crippen LogP contribution in [0.15, 0.2) is 12.2 Å². The van der Waals surface area contributed by atoms with Crippen LogP contribution >= 0.6 is 0 Å². The number of allylic oxidation sites excluding steroid dienone is 1. The first-order chi connectivity index (χ1) is 7.56. The molecule has 0 bridgehead atoms. The van der Waals surface area contributed by atoms with E-state index in [2.05, 4.69) is 11.9 Å². The second kappa shape index (κ2) is 5.80. The van der Waals surface area contributed by atoms with Gasteiger partial charge in [0.05, 0.1) is 0 Å². The zero-order valence-corrected chi connectivity index (χ0v) is 9.79. The maximum Gasteiger partial charge on any atom is 0.288 e. The van der Waals surface area contributed by atoms with Crippen LogP contribution in [0.1, 0.15) is 32.6 Å². The summed E-state index contributed by atoms with van der Waals surface area (Å²) in [5.74, 6) is -1.21. The van der Waals surface area contributed by atoms with Crippen LogP contribution < -0.4 is 11.1 Å². The van der Waals surface area contributed by atoms with Crippen molar-refractivity contribution in [2.45, 2.75) is 38.6 Å². The molecule has 90 valence electrons. The van der Waals surface area contributed by atoms with Gasteiger partial charge in [-0.15, -0.1) is 0 Å². The highest BCUT2D eigenvalue weighted by Crippen LogP contribution is 2.20. The second-order valence-electron chi connectivity index (χ2n) is 4.44. The molecule has 0 spiro atoms. The van der Waals surface area contributed by atoms with Crippen LogP contribution in [0.5, 0.6) is 0 Å². The maximum atomic E-state index is 11.8. The fourth-order valence-corrected chi connectivity index (χ4v) is 1.57. The molecule has 3 N–H and O–H groups in total. The minimum absolute atomic E-state index is 0.219. The molecule has 0 radical (unpaired) electrons. The van der Waals surface area contributed by atoms with Crippen molar-refractivity contribution in [3.05, 3.63) is 12.2 Å². The Kier molecular flexibility index (Phi) is 4.68. The topological polar surface area (TPSA) is 72.2 Å². The Morgan fingerprint density at radius 2 is 2.12 bits per heavy atom. The molecular formula is C12H20N2O2. The van der Waals surface area contributed by atoms with Gasteiger partial charge in [-0.3, -0.25) is 9.59 Å². The third kappa shape index (κ3) is 3.77. The van der Waals surface area contributed by atoms with E-state index < -0.39 is 5.91 Å². The SMILES string of the molecule is C=C(C)[C@@H](CCCN)C(=O)C(=O)NC1CC1. The third-order valence-electron chi connectivity index (χ3n) is 2.74. The first-order valence-corrected chi connectivity index (χ1v) is 5.76. The van der Waals surface area contributed by atoms with E-state index in [9.17, 15) is 9.59 Å². The monoisotopic (exact) mass is 224 g/mol. The molecule has 1 amide bonds. The van der Waals surface area contributed by atoms with Crippen molar-refractivity contribution in [1.82, 2.24) is 5.32 Å². The Labute approximate surface area is 96.3 Å². The molecule has 0 aliphatic heterocycles. The predicted molar refractivity (Wildman–Crippen MR) is 62.8 cm³/mol. The van der Waals surface area contributed by atoms with Gasteiger partial charge in [0.1, 0.15) is 0 Å². The lowest BCUT2D eigenvalue weighted by atomic mass is 9.91. The maximum absolute atomic E-state index is 11.8. The molecule has 0 unspecified atom stereocenters. The number of hydrogen-bond donors (Lipinski definition) is 2. The van der Waals surface area contributed by atoms with Crippen molar-refractivity contribution in [2.24, 2.45) is 11.7 Å². The average Bonchev–Trinajstić information content (AvgIpc) is 3.01. The lowest BCUT2D eigenvalue weighted by Gasteiger charge is -2.14. The van der Waals surface area contributed by atoms with E-state index in [0.29, 0.717) is 13.0 Å². The Morgan fingerprint density at radius 3 is 2.56 bits per heavy atom. The van der Waals surface area contributed by atoms with Gasteiger partial charge in [-0.2, -0.15) is 0 Å². The van der Waals surface area contributed by atoms with Crippen LogP contribution in [-0.4, -0.2) is 24.3 Å². The number of nitrogens with two attached hydrogens (primary N) is 1. The molecule has 4 nitrogen and oxygen atoms in total. The molecule has 1 aliphatic rings. The largest absolute Gasteiger partial charge is 0.347 e. The van der Waals surface area contributed by atoms with Crippen LogP contribution in [-0.2, 0) is 9.59 Å². The van der Waals surface area contributed by atoms with Gasteiger partial charge < -0.3 is 11.1 Å². The summed E-state index contributed by atoms with van der Waals surface area (Å²) in [6.07, 6.45) is 3.32. The summed E-state index contributed by atoms with van der Waals surface area (Å²) in [6, 6.07) is 0.219. The van der Waals surface area contributed by atoms with Crippen molar-refractivity contribution in [2.75, 3.05) is 6.54 Å². The van der Waals surface area contributed by atoms with E-state index in [4.69, 9.17) is 5.73 Å². The molecule has 16 heavy (non-hydrogen) atoms. The quantitative estimate of drug-likeness (QED) is 0.495.